The maximum absolute atomic E-state index is 4.73. The lowest BCUT2D eigenvalue weighted by Gasteiger charge is -2.07. The quantitative estimate of drug-likeness (QED) is 0.721. The molecule has 2 aromatic rings. The minimum Gasteiger partial charge on any atom is -0.264 e. The van der Waals surface area contributed by atoms with Gasteiger partial charge in [-0.15, -0.1) is 0 Å². The molecule has 0 aliphatic heterocycles. The van der Waals surface area contributed by atoms with Gasteiger partial charge in [-0.1, -0.05) is 12.1 Å². The van der Waals surface area contributed by atoms with Crippen molar-refractivity contribution in [1.29, 1.82) is 0 Å². The van der Waals surface area contributed by atoms with Crippen LogP contribution in [0.3, 0.4) is 0 Å². The lowest BCUT2D eigenvalue weighted by Crippen LogP contribution is -1.98. The normalized spacial score (nSPS) is 11.7. The number of pyridine rings is 1. The average molecular weight is 238 g/mol. The van der Waals surface area contributed by atoms with Crippen LogP contribution in [0.15, 0.2) is 41.7 Å². The third kappa shape index (κ3) is 2.48. The Morgan fingerprint density at radius 3 is 2.56 bits per heavy atom. The van der Waals surface area contributed by atoms with Gasteiger partial charge < -0.3 is 0 Å². The van der Waals surface area contributed by atoms with Gasteiger partial charge in [0.05, 0.1) is 5.69 Å². The topological polar surface area (TPSA) is 25.2 Å². The Morgan fingerprint density at radius 1 is 1.06 bits per heavy atom. The van der Waals surface area contributed by atoms with Gasteiger partial charge in [0.2, 0.25) is 0 Å². The molecular formula is C16H18N2. The number of benzene rings is 1. The number of nitrogens with zero attached hydrogens (tertiary/aromatic N) is 2. The summed E-state index contributed by atoms with van der Waals surface area (Å²) in [4.78, 5) is 8.89. The molecule has 1 aromatic heterocycles. The first-order valence-electron chi connectivity index (χ1n) is 6.12. The number of aliphatic imine (C=N–C) groups is 1. The lowest BCUT2D eigenvalue weighted by molar-refractivity contribution is 1.25. The monoisotopic (exact) mass is 238 g/mol. The highest BCUT2D eigenvalue weighted by Crippen LogP contribution is 2.22. The third-order valence-electron chi connectivity index (χ3n) is 3.29. The molecule has 0 N–H and O–H groups in total. The fraction of sp³-hybridized carbons (Fsp3) is 0.250. The summed E-state index contributed by atoms with van der Waals surface area (Å²) in [6.07, 6.45) is 3.68. The molecule has 0 atom stereocenters. The molecular weight excluding hydrogens is 220 g/mol. The van der Waals surface area contributed by atoms with E-state index in [1.807, 2.05) is 31.5 Å². The fourth-order valence-corrected chi connectivity index (χ4v) is 1.94. The molecule has 0 saturated heterocycles. The molecule has 1 heterocycles. The number of hydrogen-bond donors (Lipinski definition) is 0. The van der Waals surface area contributed by atoms with Crippen LogP contribution in [0.2, 0.25) is 0 Å². The van der Waals surface area contributed by atoms with E-state index < -0.39 is 0 Å². The van der Waals surface area contributed by atoms with Crippen LogP contribution in [0.4, 0.5) is 5.69 Å². The third-order valence-corrected chi connectivity index (χ3v) is 3.29. The molecule has 0 saturated carbocycles. The Labute approximate surface area is 108 Å². The highest BCUT2D eigenvalue weighted by molar-refractivity contribution is 6.01. The van der Waals surface area contributed by atoms with E-state index in [4.69, 9.17) is 4.99 Å². The summed E-state index contributed by atoms with van der Waals surface area (Å²) in [5.74, 6) is 0. The summed E-state index contributed by atoms with van der Waals surface area (Å²) in [6.45, 7) is 8.33. The van der Waals surface area contributed by atoms with Crippen molar-refractivity contribution in [2.45, 2.75) is 27.7 Å². The second-order valence-electron chi connectivity index (χ2n) is 4.61. The van der Waals surface area contributed by atoms with Crippen LogP contribution in [0.1, 0.15) is 29.2 Å². The minimum absolute atomic E-state index is 1.01. The van der Waals surface area contributed by atoms with E-state index in [2.05, 4.69) is 37.9 Å². The molecule has 2 nitrogen and oxygen atoms in total. The molecule has 2 rings (SSSR count). The Hall–Kier alpha value is -1.96. The Bertz CT molecular complexity index is 598. The predicted molar refractivity (Wildman–Crippen MR) is 76.8 cm³/mol. The van der Waals surface area contributed by atoms with Crippen LogP contribution in [0, 0.1) is 20.8 Å². The van der Waals surface area contributed by atoms with Crippen LogP contribution in [-0.4, -0.2) is 10.7 Å². The molecule has 1 aromatic carbocycles. The van der Waals surface area contributed by atoms with Gasteiger partial charge in [0.1, 0.15) is 0 Å². The molecule has 0 spiro atoms. The van der Waals surface area contributed by atoms with Crippen molar-refractivity contribution in [2.75, 3.05) is 0 Å². The largest absolute Gasteiger partial charge is 0.264 e. The Balaban J connectivity index is 2.45. The number of rotatable bonds is 2. The second-order valence-corrected chi connectivity index (χ2v) is 4.61. The van der Waals surface area contributed by atoms with E-state index in [0.29, 0.717) is 0 Å². The van der Waals surface area contributed by atoms with E-state index >= 15 is 0 Å². The van der Waals surface area contributed by atoms with Gasteiger partial charge in [0.15, 0.2) is 0 Å². The Kier molecular flexibility index (Phi) is 3.56. The molecule has 92 valence electrons. The van der Waals surface area contributed by atoms with E-state index in [1.54, 1.807) is 0 Å². The Morgan fingerprint density at radius 2 is 1.83 bits per heavy atom. The van der Waals surface area contributed by atoms with Crippen molar-refractivity contribution in [1.82, 2.24) is 4.98 Å². The summed E-state index contributed by atoms with van der Waals surface area (Å²) in [6, 6.07) is 8.22. The SMILES string of the molecule is CC(=Nc1cccc(C)c1C)c1cnccc1C. The molecule has 0 fully saturated rings. The van der Waals surface area contributed by atoms with Crippen LogP contribution in [0.5, 0.6) is 0 Å². The minimum atomic E-state index is 1.01. The summed E-state index contributed by atoms with van der Waals surface area (Å²) < 4.78 is 0. The van der Waals surface area contributed by atoms with E-state index in [9.17, 15) is 0 Å². The molecule has 18 heavy (non-hydrogen) atoms. The summed E-state index contributed by atoms with van der Waals surface area (Å²) in [5.41, 5.74) is 6.87. The molecule has 0 amide bonds. The summed E-state index contributed by atoms with van der Waals surface area (Å²) >= 11 is 0. The molecule has 0 unspecified atom stereocenters. The second kappa shape index (κ2) is 5.13. The van der Waals surface area contributed by atoms with E-state index in [-0.39, 0.29) is 0 Å². The van der Waals surface area contributed by atoms with Crippen LogP contribution < -0.4 is 0 Å². The van der Waals surface area contributed by atoms with E-state index in [1.165, 1.54) is 16.7 Å². The smallest absolute Gasteiger partial charge is 0.0664 e. The van der Waals surface area contributed by atoms with Crippen molar-refractivity contribution < 1.29 is 0 Å². The van der Waals surface area contributed by atoms with Crippen molar-refractivity contribution in [3.8, 4) is 0 Å². The molecule has 0 aliphatic carbocycles. The van der Waals surface area contributed by atoms with Crippen LogP contribution in [-0.2, 0) is 0 Å². The highest BCUT2D eigenvalue weighted by atomic mass is 14.8. The maximum atomic E-state index is 4.73. The van der Waals surface area contributed by atoms with Crippen molar-refractivity contribution >= 4 is 11.4 Å². The van der Waals surface area contributed by atoms with Crippen molar-refractivity contribution in [2.24, 2.45) is 4.99 Å². The van der Waals surface area contributed by atoms with Gasteiger partial charge in [-0.05, 0) is 56.5 Å². The van der Waals surface area contributed by atoms with Gasteiger partial charge in [-0.3, -0.25) is 9.98 Å². The molecule has 2 heteroatoms. The standard InChI is InChI=1S/C16H18N2/c1-11-6-5-7-16(13(11)3)18-14(4)15-10-17-9-8-12(15)2/h5-10H,1-4H3. The number of hydrogen-bond acceptors (Lipinski definition) is 2. The summed E-state index contributed by atoms with van der Waals surface area (Å²) in [7, 11) is 0. The van der Waals surface area contributed by atoms with Crippen molar-refractivity contribution in [3.63, 3.8) is 0 Å². The molecule has 0 radical (unpaired) electrons. The van der Waals surface area contributed by atoms with Gasteiger partial charge >= 0.3 is 0 Å². The zero-order valence-corrected chi connectivity index (χ0v) is 11.4. The average Bonchev–Trinajstić information content (AvgIpc) is 2.35. The fourth-order valence-electron chi connectivity index (χ4n) is 1.94. The van der Waals surface area contributed by atoms with Gasteiger partial charge in [0.25, 0.3) is 0 Å². The van der Waals surface area contributed by atoms with Gasteiger partial charge in [0, 0.05) is 23.7 Å². The first-order valence-corrected chi connectivity index (χ1v) is 6.12. The predicted octanol–water partition coefficient (Wildman–Crippen LogP) is 4.15. The van der Waals surface area contributed by atoms with Crippen LogP contribution in [0.25, 0.3) is 0 Å². The number of aryl methyl sites for hydroxylation is 2. The summed E-state index contributed by atoms with van der Waals surface area (Å²) in [5, 5.41) is 0. The van der Waals surface area contributed by atoms with Crippen molar-refractivity contribution in [3.05, 3.63) is 58.9 Å². The molecule has 0 bridgehead atoms. The van der Waals surface area contributed by atoms with Gasteiger partial charge in [-0.25, -0.2) is 0 Å². The van der Waals surface area contributed by atoms with E-state index in [0.717, 1.165) is 17.0 Å². The maximum Gasteiger partial charge on any atom is 0.0664 e. The molecule has 0 aliphatic rings. The number of aromatic nitrogens is 1. The zero-order valence-electron chi connectivity index (χ0n) is 11.4. The van der Waals surface area contributed by atoms with Gasteiger partial charge in [-0.2, -0.15) is 0 Å². The highest BCUT2D eigenvalue weighted by Gasteiger charge is 2.04. The first-order chi connectivity index (χ1) is 8.59. The van der Waals surface area contributed by atoms with Crippen LogP contribution >= 0.6 is 0 Å². The zero-order chi connectivity index (χ0) is 13.1. The first kappa shape index (κ1) is 12.5. The lowest BCUT2D eigenvalue weighted by atomic mass is 10.1.